The molecule has 0 aliphatic heterocycles. The van der Waals surface area contributed by atoms with E-state index in [1.165, 1.54) is 0 Å². The molecule has 0 spiro atoms. The molecule has 1 rings (SSSR count). The summed E-state index contributed by atoms with van der Waals surface area (Å²) in [5, 5.41) is 13.8. The standard InChI is InChI=1S/C12H17BrN2O3/c13-10-3-1-4-11(9-10)18-8-6-15-12(17)14-5-2-7-16/h1,3-4,9,16H,2,5-8H2,(H2,14,15,17). The molecule has 0 atom stereocenters. The smallest absolute Gasteiger partial charge is 0.314 e. The molecule has 3 N–H and O–H groups in total. The highest BCUT2D eigenvalue weighted by molar-refractivity contribution is 9.10. The zero-order valence-electron chi connectivity index (χ0n) is 9.99. The van der Waals surface area contributed by atoms with Crippen LogP contribution in [0.3, 0.4) is 0 Å². The predicted molar refractivity (Wildman–Crippen MR) is 72.7 cm³/mol. The van der Waals surface area contributed by atoms with Gasteiger partial charge in [-0.25, -0.2) is 4.79 Å². The van der Waals surface area contributed by atoms with E-state index in [1.807, 2.05) is 24.3 Å². The van der Waals surface area contributed by atoms with Gasteiger partial charge in [-0.1, -0.05) is 22.0 Å². The number of amides is 2. The number of nitrogens with one attached hydrogen (secondary N) is 2. The first-order valence-corrected chi connectivity index (χ1v) is 6.52. The molecule has 0 aliphatic rings. The van der Waals surface area contributed by atoms with E-state index in [4.69, 9.17) is 9.84 Å². The second-order valence-corrected chi connectivity index (χ2v) is 4.48. The third-order valence-electron chi connectivity index (χ3n) is 2.07. The summed E-state index contributed by atoms with van der Waals surface area (Å²) < 4.78 is 6.40. The molecule has 0 saturated carbocycles. The Bertz CT molecular complexity index is 374. The van der Waals surface area contributed by atoms with E-state index in [-0.39, 0.29) is 12.6 Å². The maximum atomic E-state index is 11.2. The highest BCUT2D eigenvalue weighted by Crippen LogP contribution is 2.17. The number of hydrogen-bond donors (Lipinski definition) is 3. The Hall–Kier alpha value is -1.27. The summed E-state index contributed by atoms with van der Waals surface area (Å²) in [7, 11) is 0. The lowest BCUT2D eigenvalue weighted by atomic mass is 10.3. The van der Waals surface area contributed by atoms with Crippen LogP contribution in [0.1, 0.15) is 6.42 Å². The molecular weight excluding hydrogens is 300 g/mol. The summed E-state index contributed by atoms with van der Waals surface area (Å²) >= 11 is 3.35. The highest BCUT2D eigenvalue weighted by Gasteiger charge is 1.99. The molecule has 0 radical (unpaired) electrons. The fraction of sp³-hybridized carbons (Fsp3) is 0.417. The largest absolute Gasteiger partial charge is 0.492 e. The fourth-order valence-corrected chi connectivity index (χ4v) is 1.61. The van der Waals surface area contributed by atoms with Gasteiger partial charge in [-0.05, 0) is 24.6 Å². The minimum Gasteiger partial charge on any atom is -0.492 e. The first-order valence-electron chi connectivity index (χ1n) is 5.73. The minimum absolute atomic E-state index is 0.0757. The lowest BCUT2D eigenvalue weighted by Crippen LogP contribution is -2.38. The van der Waals surface area contributed by atoms with E-state index < -0.39 is 0 Å². The van der Waals surface area contributed by atoms with Crippen molar-refractivity contribution in [1.82, 2.24) is 10.6 Å². The van der Waals surface area contributed by atoms with E-state index in [0.717, 1.165) is 10.2 Å². The first-order chi connectivity index (χ1) is 8.72. The molecule has 0 saturated heterocycles. The van der Waals surface area contributed by atoms with Crippen molar-refractivity contribution in [1.29, 1.82) is 0 Å². The van der Waals surface area contributed by atoms with Gasteiger partial charge in [0.05, 0.1) is 6.54 Å². The van der Waals surface area contributed by atoms with Crippen LogP contribution in [0.15, 0.2) is 28.7 Å². The zero-order chi connectivity index (χ0) is 13.2. The van der Waals surface area contributed by atoms with Gasteiger partial charge >= 0.3 is 6.03 Å². The average Bonchev–Trinajstić information content (AvgIpc) is 2.35. The summed E-state index contributed by atoms with van der Waals surface area (Å²) in [6.45, 7) is 1.38. The van der Waals surface area contributed by atoms with Gasteiger partial charge in [-0.2, -0.15) is 0 Å². The number of carbonyl (C=O) groups excluding carboxylic acids is 1. The number of ether oxygens (including phenoxy) is 1. The van der Waals surface area contributed by atoms with Crippen LogP contribution in [-0.4, -0.2) is 37.4 Å². The van der Waals surface area contributed by atoms with Gasteiger partial charge in [-0.3, -0.25) is 0 Å². The number of aliphatic hydroxyl groups excluding tert-OH is 1. The van der Waals surface area contributed by atoms with Gasteiger partial charge < -0.3 is 20.5 Å². The summed E-state index contributed by atoms with van der Waals surface area (Å²) in [6.07, 6.45) is 0.558. The van der Waals surface area contributed by atoms with Gasteiger partial charge in [0.1, 0.15) is 12.4 Å². The van der Waals surface area contributed by atoms with Crippen LogP contribution in [0.4, 0.5) is 4.79 Å². The third kappa shape index (κ3) is 6.46. The number of aliphatic hydroxyl groups is 1. The van der Waals surface area contributed by atoms with Crippen LogP contribution in [-0.2, 0) is 0 Å². The van der Waals surface area contributed by atoms with Crippen molar-refractivity contribution in [3.05, 3.63) is 28.7 Å². The van der Waals surface area contributed by atoms with Gasteiger partial charge in [-0.15, -0.1) is 0 Å². The second kappa shape index (κ2) is 8.77. The van der Waals surface area contributed by atoms with E-state index >= 15 is 0 Å². The molecule has 18 heavy (non-hydrogen) atoms. The Morgan fingerprint density at radius 2 is 2.11 bits per heavy atom. The predicted octanol–water partition coefficient (Wildman–Crippen LogP) is 1.51. The topological polar surface area (TPSA) is 70.6 Å². The lowest BCUT2D eigenvalue weighted by Gasteiger charge is -2.08. The molecule has 5 nitrogen and oxygen atoms in total. The number of carbonyl (C=O) groups is 1. The van der Waals surface area contributed by atoms with Crippen LogP contribution in [0.5, 0.6) is 5.75 Å². The molecule has 1 aromatic rings. The monoisotopic (exact) mass is 316 g/mol. The number of halogens is 1. The summed E-state index contributed by atoms with van der Waals surface area (Å²) in [5.74, 6) is 0.756. The number of rotatable bonds is 7. The molecule has 100 valence electrons. The van der Waals surface area contributed by atoms with Crippen LogP contribution in [0.2, 0.25) is 0 Å². The van der Waals surface area contributed by atoms with Gasteiger partial charge in [0.25, 0.3) is 0 Å². The minimum atomic E-state index is -0.249. The Balaban J connectivity index is 2.09. The van der Waals surface area contributed by atoms with Crippen molar-refractivity contribution < 1.29 is 14.6 Å². The van der Waals surface area contributed by atoms with Crippen LogP contribution in [0.25, 0.3) is 0 Å². The number of hydrogen-bond acceptors (Lipinski definition) is 3. The van der Waals surface area contributed by atoms with Crippen molar-refractivity contribution in [3.8, 4) is 5.75 Å². The SMILES string of the molecule is O=C(NCCCO)NCCOc1cccc(Br)c1. The maximum Gasteiger partial charge on any atom is 0.314 e. The molecule has 0 aromatic heterocycles. The summed E-state index contributed by atoms with van der Waals surface area (Å²) in [5.41, 5.74) is 0. The maximum absolute atomic E-state index is 11.2. The first kappa shape index (κ1) is 14.8. The Morgan fingerprint density at radius 1 is 1.33 bits per heavy atom. The van der Waals surface area contributed by atoms with E-state index in [2.05, 4.69) is 26.6 Å². The third-order valence-corrected chi connectivity index (χ3v) is 2.57. The molecule has 0 bridgehead atoms. The molecule has 0 fully saturated rings. The molecule has 2 amide bonds. The van der Waals surface area contributed by atoms with E-state index in [9.17, 15) is 4.79 Å². The van der Waals surface area contributed by atoms with Crippen LogP contribution in [0, 0.1) is 0 Å². The molecule has 0 aliphatic carbocycles. The Labute approximate surface area is 115 Å². The van der Waals surface area contributed by atoms with Gasteiger partial charge in [0.15, 0.2) is 0 Å². The van der Waals surface area contributed by atoms with Gasteiger partial charge in [0, 0.05) is 17.6 Å². The van der Waals surface area contributed by atoms with Crippen molar-refractivity contribution in [2.45, 2.75) is 6.42 Å². The van der Waals surface area contributed by atoms with Gasteiger partial charge in [0.2, 0.25) is 0 Å². The van der Waals surface area contributed by atoms with E-state index in [1.54, 1.807) is 0 Å². The van der Waals surface area contributed by atoms with E-state index in [0.29, 0.717) is 26.1 Å². The normalized spacial score (nSPS) is 9.89. The molecule has 1 aromatic carbocycles. The van der Waals surface area contributed by atoms with Crippen molar-refractivity contribution in [2.24, 2.45) is 0 Å². The lowest BCUT2D eigenvalue weighted by molar-refractivity contribution is 0.234. The highest BCUT2D eigenvalue weighted by atomic mass is 79.9. The summed E-state index contributed by atoms with van der Waals surface area (Å²) in [6, 6.07) is 7.27. The molecule has 0 heterocycles. The quantitative estimate of drug-likeness (QED) is 0.668. The van der Waals surface area contributed by atoms with Crippen LogP contribution < -0.4 is 15.4 Å². The van der Waals surface area contributed by atoms with Crippen molar-refractivity contribution >= 4 is 22.0 Å². The van der Waals surface area contributed by atoms with Crippen molar-refractivity contribution in [3.63, 3.8) is 0 Å². The molecule has 6 heteroatoms. The molecular formula is C12H17BrN2O3. The fourth-order valence-electron chi connectivity index (χ4n) is 1.23. The number of urea groups is 1. The van der Waals surface area contributed by atoms with Crippen LogP contribution >= 0.6 is 15.9 Å². The average molecular weight is 317 g/mol. The Kier molecular flexibility index (Phi) is 7.20. The zero-order valence-corrected chi connectivity index (χ0v) is 11.6. The van der Waals surface area contributed by atoms with Crippen molar-refractivity contribution in [2.75, 3.05) is 26.3 Å². The number of benzene rings is 1. The second-order valence-electron chi connectivity index (χ2n) is 3.57. The Morgan fingerprint density at radius 3 is 2.83 bits per heavy atom. The molecule has 0 unspecified atom stereocenters. The summed E-state index contributed by atoms with van der Waals surface area (Å²) in [4.78, 5) is 11.2.